The van der Waals surface area contributed by atoms with E-state index in [9.17, 15) is 9.59 Å². The topological polar surface area (TPSA) is 70.5 Å². The van der Waals surface area contributed by atoms with Crippen molar-refractivity contribution in [2.75, 3.05) is 11.4 Å². The fourth-order valence-corrected chi connectivity index (χ4v) is 2.73. The molecule has 26 heavy (non-hydrogen) atoms. The Labute approximate surface area is 151 Å². The third-order valence-corrected chi connectivity index (χ3v) is 4.03. The van der Waals surface area contributed by atoms with E-state index in [1.165, 1.54) is 0 Å². The van der Waals surface area contributed by atoms with Crippen LogP contribution in [0.4, 0.5) is 5.69 Å². The minimum atomic E-state index is -0.951. The molecular weight excluding hydrogens is 328 g/mol. The summed E-state index contributed by atoms with van der Waals surface area (Å²) in [7, 11) is 0. The molecule has 2 aromatic carbocycles. The minimum absolute atomic E-state index is 0.247. The van der Waals surface area contributed by atoms with Gasteiger partial charge in [0.2, 0.25) is 6.41 Å². The summed E-state index contributed by atoms with van der Waals surface area (Å²) < 4.78 is 0. The largest absolute Gasteiger partial charge is 0.478 e. The molecule has 3 aromatic rings. The van der Waals surface area contributed by atoms with Crippen LogP contribution < -0.4 is 4.90 Å². The molecule has 0 radical (unpaired) electrons. The molecule has 3 rings (SSSR count). The lowest BCUT2D eigenvalue weighted by atomic mass is 10.1. The number of nitrogens with zero attached hydrogens (tertiary/aromatic N) is 2. The van der Waals surface area contributed by atoms with Crippen LogP contribution in [0.25, 0.3) is 17.0 Å². The second kappa shape index (κ2) is 7.61. The summed E-state index contributed by atoms with van der Waals surface area (Å²) in [5.41, 5.74) is 3.71. The van der Waals surface area contributed by atoms with Crippen LogP contribution in [-0.2, 0) is 4.79 Å². The summed E-state index contributed by atoms with van der Waals surface area (Å²) in [4.78, 5) is 28.4. The zero-order chi connectivity index (χ0) is 18.5. The normalized spacial score (nSPS) is 11.3. The Morgan fingerprint density at radius 2 is 1.88 bits per heavy atom. The highest BCUT2D eigenvalue weighted by molar-refractivity contribution is 5.88. The van der Waals surface area contributed by atoms with E-state index in [1.807, 2.05) is 43.3 Å². The maximum Gasteiger partial charge on any atom is 0.335 e. The Morgan fingerprint density at radius 3 is 2.58 bits per heavy atom. The number of amides is 1. The number of aromatic nitrogens is 1. The highest BCUT2D eigenvalue weighted by atomic mass is 16.4. The first-order valence-corrected chi connectivity index (χ1v) is 8.14. The van der Waals surface area contributed by atoms with Crippen molar-refractivity contribution in [2.45, 2.75) is 6.92 Å². The molecule has 5 heteroatoms. The fraction of sp³-hybridized carbons (Fsp3) is 0.0952. The van der Waals surface area contributed by atoms with Crippen molar-refractivity contribution in [3.8, 4) is 0 Å². The number of aromatic carboxylic acids is 1. The molecule has 0 saturated carbocycles. The second-order valence-corrected chi connectivity index (χ2v) is 6.04. The molecule has 1 heterocycles. The van der Waals surface area contributed by atoms with Gasteiger partial charge in [-0.2, -0.15) is 0 Å². The number of carboxylic acids is 1. The van der Waals surface area contributed by atoms with Gasteiger partial charge in [0, 0.05) is 11.9 Å². The van der Waals surface area contributed by atoms with Crippen LogP contribution in [0, 0.1) is 0 Å². The van der Waals surface area contributed by atoms with Crippen molar-refractivity contribution in [3.05, 3.63) is 77.5 Å². The summed E-state index contributed by atoms with van der Waals surface area (Å²) in [6, 6.07) is 16.3. The first-order chi connectivity index (χ1) is 12.6. The Morgan fingerprint density at radius 1 is 1.15 bits per heavy atom. The van der Waals surface area contributed by atoms with E-state index < -0.39 is 5.97 Å². The van der Waals surface area contributed by atoms with Gasteiger partial charge in [-0.25, -0.2) is 4.79 Å². The highest BCUT2D eigenvalue weighted by Gasteiger charge is 2.08. The molecule has 0 spiro atoms. The number of hydrogen-bond acceptors (Lipinski definition) is 3. The van der Waals surface area contributed by atoms with Gasteiger partial charge in [0.15, 0.2) is 0 Å². The number of anilines is 1. The average molecular weight is 346 g/mol. The number of benzene rings is 2. The van der Waals surface area contributed by atoms with Gasteiger partial charge in [0.05, 0.1) is 23.0 Å². The maximum absolute atomic E-state index is 11.6. The number of carbonyl (C=O) groups is 2. The van der Waals surface area contributed by atoms with E-state index in [2.05, 4.69) is 4.98 Å². The summed E-state index contributed by atoms with van der Waals surface area (Å²) in [5, 5.41) is 9.92. The highest BCUT2D eigenvalue weighted by Crippen LogP contribution is 2.20. The Kier molecular flexibility index (Phi) is 5.08. The molecule has 0 aliphatic carbocycles. The van der Waals surface area contributed by atoms with Crippen LogP contribution in [0.15, 0.2) is 66.4 Å². The minimum Gasteiger partial charge on any atom is -0.478 e. The van der Waals surface area contributed by atoms with Gasteiger partial charge in [-0.1, -0.05) is 42.0 Å². The van der Waals surface area contributed by atoms with E-state index in [4.69, 9.17) is 5.11 Å². The van der Waals surface area contributed by atoms with Crippen LogP contribution in [0.2, 0.25) is 0 Å². The number of hydrogen-bond donors (Lipinski definition) is 1. The SMILES string of the molecule is CC(=Cc1ccc(C(=O)O)cc1)CN(C=O)c1cnc2ccccc2c1. The van der Waals surface area contributed by atoms with Crippen LogP contribution >= 0.6 is 0 Å². The van der Waals surface area contributed by atoms with Gasteiger partial charge in [-0.15, -0.1) is 0 Å². The van der Waals surface area contributed by atoms with Crippen LogP contribution in [-0.4, -0.2) is 29.0 Å². The van der Waals surface area contributed by atoms with Crippen molar-refractivity contribution in [2.24, 2.45) is 0 Å². The molecule has 0 atom stereocenters. The predicted molar refractivity (Wildman–Crippen MR) is 102 cm³/mol. The number of carboxylic acid groups (broad SMARTS) is 1. The van der Waals surface area contributed by atoms with Crippen molar-refractivity contribution in [1.82, 2.24) is 4.98 Å². The number of fused-ring (bicyclic) bond motifs is 1. The molecule has 0 bridgehead atoms. The van der Waals surface area contributed by atoms with E-state index in [-0.39, 0.29) is 5.56 Å². The number of pyridine rings is 1. The quantitative estimate of drug-likeness (QED) is 0.685. The smallest absolute Gasteiger partial charge is 0.335 e. The lowest BCUT2D eigenvalue weighted by molar-refractivity contribution is -0.107. The summed E-state index contributed by atoms with van der Waals surface area (Å²) in [5.74, 6) is -0.951. The van der Waals surface area contributed by atoms with E-state index in [0.29, 0.717) is 6.54 Å². The molecule has 1 aromatic heterocycles. The average Bonchev–Trinajstić information content (AvgIpc) is 2.66. The molecule has 0 saturated heterocycles. The zero-order valence-electron chi connectivity index (χ0n) is 14.3. The molecule has 130 valence electrons. The molecule has 0 unspecified atom stereocenters. The molecule has 5 nitrogen and oxygen atoms in total. The van der Waals surface area contributed by atoms with Crippen molar-refractivity contribution in [3.63, 3.8) is 0 Å². The van der Waals surface area contributed by atoms with Crippen LogP contribution in [0.1, 0.15) is 22.8 Å². The van der Waals surface area contributed by atoms with Gasteiger partial charge in [-0.05, 0) is 36.8 Å². The molecule has 0 aliphatic heterocycles. The van der Waals surface area contributed by atoms with E-state index in [1.54, 1.807) is 35.4 Å². The molecule has 1 N–H and O–H groups in total. The van der Waals surface area contributed by atoms with Gasteiger partial charge < -0.3 is 10.0 Å². The Bertz CT molecular complexity index is 978. The molecule has 0 fully saturated rings. The number of rotatable bonds is 6. The summed E-state index contributed by atoms with van der Waals surface area (Å²) in [6.07, 6.45) is 4.40. The predicted octanol–water partition coefficient (Wildman–Crippen LogP) is 4.00. The lowest BCUT2D eigenvalue weighted by Crippen LogP contribution is -2.23. The van der Waals surface area contributed by atoms with Crippen molar-refractivity contribution < 1.29 is 14.7 Å². The Balaban J connectivity index is 1.79. The third kappa shape index (κ3) is 3.95. The molecular formula is C21H18N2O3. The van der Waals surface area contributed by atoms with Gasteiger partial charge >= 0.3 is 5.97 Å². The van der Waals surface area contributed by atoms with Crippen LogP contribution in [0.5, 0.6) is 0 Å². The van der Waals surface area contributed by atoms with Crippen molar-refractivity contribution in [1.29, 1.82) is 0 Å². The van der Waals surface area contributed by atoms with E-state index in [0.717, 1.165) is 34.1 Å². The zero-order valence-corrected chi connectivity index (χ0v) is 14.3. The number of carbonyl (C=O) groups excluding carboxylic acids is 1. The first-order valence-electron chi connectivity index (χ1n) is 8.14. The summed E-state index contributed by atoms with van der Waals surface area (Å²) in [6.45, 7) is 2.35. The van der Waals surface area contributed by atoms with Gasteiger partial charge in [0.25, 0.3) is 0 Å². The molecule has 1 amide bonds. The monoisotopic (exact) mass is 346 g/mol. The second-order valence-electron chi connectivity index (χ2n) is 6.04. The molecule has 0 aliphatic rings. The lowest BCUT2D eigenvalue weighted by Gasteiger charge is -2.18. The first kappa shape index (κ1) is 17.4. The van der Waals surface area contributed by atoms with Gasteiger partial charge in [0.1, 0.15) is 0 Å². The standard InChI is InChI=1S/C21H18N2O3/c1-15(10-16-6-8-17(9-7-16)21(25)26)13-23(14-24)19-11-18-4-2-3-5-20(18)22-12-19/h2-12,14H,13H2,1H3,(H,25,26). The fourth-order valence-electron chi connectivity index (χ4n) is 2.73. The number of para-hydroxylation sites is 1. The maximum atomic E-state index is 11.6. The van der Waals surface area contributed by atoms with Crippen molar-refractivity contribution >= 4 is 35.0 Å². The van der Waals surface area contributed by atoms with Crippen LogP contribution in [0.3, 0.4) is 0 Å². The third-order valence-electron chi connectivity index (χ3n) is 4.03. The van der Waals surface area contributed by atoms with Gasteiger partial charge in [-0.3, -0.25) is 9.78 Å². The van der Waals surface area contributed by atoms with E-state index >= 15 is 0 Å². The Hall–Kier alpha value is -3.47. The summed E-state index contributed by atoms with van der Waals surface area (Å²) >= 11 is 0.